The van der Waals surface area contributed by atoms with Gasteiger partial charge in [-0.05, 0) is 28.7 Å². The van der Waals surface area contributed by atoms with Crippen LogP contribution >= 0.6 is 0 Å². The molecular weight excluding hydrogens is 400 g/mol. The fraction of sp³-hybridized carbons (Fsp3) is 0.273. The van der Waals surface area contributed by atoms with Gasteiger partial charge in [-0.15, -0.1) is 5.10 Å². The van der Waals surface area contributed by atoms with Crippen LogP contribution in [0.3, 0.4) is 0 Å². The molecule has 1 atom stereocenters. The highest BCUT2D eigenvalue weighted by Gasteiger charge is 2.30. The van der Waals surface area contributed by atoms with E-state index >= 15 is 0 Å². The number of aliphatic carboxylic acids is 1. The van der Waals surface area contributed by atoms with Gasteiger partial charge in [0.15, 0.2) is 6.04 Å². The zero-order chi connectivity index (χ0) is 21.8. The predicted molar refractivity (Wildman–Crippen MR) is 110 cm³/mol. The van der Waals surface area contributed by atoms with Crippen LogP contribution in [0, 0.1) is 0 Å². The van der Waals surface area contributed by atoms with Crippen LogP contribution in [0.2, 0.25) is 0 Å². The molecular formula is C22H22N4O5. The van der Waals surface area contributed by atoms with Crippen LogP contribution < -0.4 is 5.32 Å². The molecule has 1 aliphatic carbocycles. The minimum Gasteiger partial charge on any atom is -0.479 e. The van der Waals surface area contributed by atoms with Gasteiger partial charge in [-0.2, -0.15) is 0 Å². The van der Waals surface area contributed by atoms with Gasteiger partial charge in [0.2, 0.25) is 0 Å². The number of hydrogen-bond donors (Lipinski definition) is 3. The van der Waals surface area contributed by atoms with Crippen molar-refractivity contribution in [3.63, 3.8) is 0 Å². The molecule has 1 heterocycles. The number of aliphatic hydroxyl groups excluding tert-OH is 1. The van der Waals surface area contributed by atoms with Crippen molar-refractivity contribution in [2.24, 2.45) is 0 Å². The van der Waals surface area contributed by atoms with E-state index in [1.54, 1.807) is 0 Å². The van der Waals surface area contributed by atoms with E-state index in [0.717, 1.165) is 22.3 Å². The third kappa shape index (κ3) is 4.26. The number of nitrogens with zero attached hydrogens (tertiary/aromatic N) is 3. The van der Waals surface area contributed by atoms with E-state index in [0.29, 0.717) is 13.0 Å². The van der Waals surface area contributed by atoms with Crippen LogP contribution in [-0.4, -0.2) is 50.5 Å². The standard InChI is InChI=1S/C22H22N4O5/c27-11-5-10-26-12-19(24-25-26)20(21(28)29)23-22(30)31-13-18-16-8-3-1-6-14(16)15-7-2-4-9-17(15)18/h1-4,6-9,12,18,20,27H,5,10-11,13H2,(H,23,30)(H,28,29). The summed E-state index contributed by atoms with van der Waals surface area (Å²) in [6.07, 6.45) is 1.04. The fourth-order valence-electron chi connectivity index (χ4n) is 3.81. The Bertz CT molecular complexity index is 1050. The highest BCUT2D eigenvalue weighted by molar-refractivity contribution is 5.81. The summed E-state index contributed by atoms with van der Waals surface area (Å²) in [7, 11) is 0. The first kappa shape index (κ1) is 20.5. The molecule has 4 rings (SSSR count). The maximum Gasteiger partial charge on any atom is 0.408 e. The Hall–Kier alpha value is -3.72. The first-order chi connectivity index (χ1) is 15.1. The molecule has 1 amide bonds. The summed E-state index contributed by atoms with van der Waals surface area (Å²) in [5.41, 5.74) is 4.43. The third-order valence-electron chi connectivity index (χ3n) is 5.25. The number of benzene rings is 2. The van der Waals surface area contributed by atoms with E-state index in [9.17, 15) is 14.7 Å². The van der Waals surface area contributed by atoms with Gasteiger partial charge in [0.25, 0.3) is 0 Å². The second-order valence-electron chi connectivity index (χ2n) is 7.22. The maximum absolute atomic E-state index is 12.4. The molecule has 0 saturated carbocycles. The number of carboxylic acids is 1. The molecule has 1 unspecified atom stereocenters. The predicted octanol–water partition coefficient (Wildman–Crippen LogP) is 2.32. The van der Waals surface area contributed by atoms with Gasteiger partial charge in [-0.25, -0.2) is 9.59 Å². The van der Waals surface area contributed by atoms with E-state index in [2.05, 4.69) is 15.6 Å². The number of nitrogens with one attached hydrogen (secondary N) is 1. The van der Waals surface area contributed by atoms with Gasteiger partial charge in [0.1, 0.15) is 12.3 Å². The number of amides is 1. The van der Waals surface area contributed by atoms with Crippen molar-refractivity contribution in [2.45, 2.75) is 24.9 Å². The Morgan fingerprint density at radius 2 is 1.74 bits per heavy atom. The lowest BCUT2D eigenvalue weighted by Crippen LogP contribution is -2.35. The number of aryl methyl sites for hydroxylation is 1. The number of ether oxygens (including phenoxy) is 1. The van der Waals surface area contributed by atoms with Crippen LogP contribution in [0.4, 0.5) is 4.79 Å². The van der Waals surface area contributed by atoms with Crippen molar-refractivity contribution in [1.29, 1.82) is 0 Å². The Morgan fingerprint density at radius 3 is 2.35 bits per heavy atom. The molecule has 0 fully saturated rings. The maximum atomic E-state index is 12.4. The van der Waals surface area contributed by atoms with Crippen LogP contribution in [-0.2, 0) is 16.1 Å². The Morgan fingerprint density at radius 1 is 1.10 bits per heavy atom. The zero-order valence-electron chi connectivity index (χ0n) is 16.6. The van der Waals surface area contributed by atoms with E-state index in [1.807, 2.05) is 48.5 Å². The number of carbonyl (C=O) groups is 2. The summed E-state index contributed by atoms with van der Waals surface area (Å²) in [5.74, 6) is -1.40. The normalized spacial score (nSPS) is 13.3. The number of carboxylic acid groups (broad SMARTS) is 1. The van der Waals surface area contributed by atoms with Crippen LogP contribution in [0.15, 0.2) is 54.7 Å². The first-order valence-electron chi connectivity index (χ1n) is 9.93. The summed E-state index contributed by atoms with van der Waals surface area (Å²) in [4.78, 5) is 24.1. The molecule has 3 aromatic rings. The molecule has 160 valence electrons. The highest BCUT2D eigenvalue weighted by Crippen LogP contribution is 2.44. The third-order valence-corrected chi connectivity index (χ3v) is 5.25. The van der Waals surface area contributed by atoms with Crippen molar-refractivity contribution in [1.82, 2.24) is 20.3 Å². The summed E-state index contributed by atoms with van der Waals surface area (Å²) >= 11 is 0. The topological polar surface area (TPSA) is 127 Å². The van der Waals surface area contributed by atoms with Crippen molar-refractivity contribution in [2.75, 3.05) is 13.2 Å². The van der Waals surface area contributed by atoms with Gasteiger partial charge in [-0.3, -0.25) is 4.68 Å². The average molecular weight is 422 g/mol. The van der Waals surface area contributed by atoms with E-state index < -0.39 is 18.1 Å². The van der Waals surface area contributed by atoms with Crippen molar-refractivity contribution in [3.05, 3.63) is 71.5 Å². The summed E-state index contributed by atoms with van der Waals surface area (Å²) in [6, 6.07) is 14.5. The Kier molecular flexibility index (Phi) is 5.94. The molecule has 1 aromatic heterocycles. The fourth-order valence-corrected chi connectivity index (χ4v) is 3.81. The molecule has 0 aliphatic heterocycles. The van der Waals surface area contributed by atoms with Crippen molar-refractivity contribution < 1.29 is 24.5 Å². The molecule has 0 saturated heterocycles. The highest BCUT2D eigenvalue weighted by atomic mass is 16.5. The zero-order valence-corrected chi connectivity index (χ0v) is 16.6. The van der Waals surface area contributed by atoms with Gasteiger partial charge in [0.05, 0.1) is 6.20 Å². The first-order valence-corrected chi connectivity index (χ1v) is 9.93. The summed E-state index contributed by atoms with van der Waals surface area (Å²) in [5, 5.41) is 28.4. The number of rotatable bonds is 8. The van der Waals surface area contributed by atoms with Gasteiger partial charge in [0, 0.05) is 19.1 Å². The van der Waals surface area contributed by atoms with Crippen LogP contribution in [0.1, 0.15) is 35.2 Å². The monoisotopic (exact) mass is 422 g/mol. The van der Waals surface area contributed by atoms with Gasteiger partial charge < -0.3 is 20.3 Å². The molecule has 9 nitrogen and oxygen atoms in total. The van der Waals surface area contributed by atoms with Crippen LogP contribution in [0.5, 0.6) is 0 Å². The number of aromatic nitrogens is 3. The summed E-state index contributed by atoms with van der Waals surface area (Å²) < 4.78 is 6.83. The van der Waals surface area contributed by atoms with Gasteiger partial charge in [-0.1, -0.05) is 53.7 Å². The van der Waals surface area contributed by atoms with Gasteiger partial charge >= 0.3 is 12.1 Å². The minimum absolute atomic E-state index is 0.0183. The molecule has 31 heavy (non-hydrogen) atoms. The van der Waals surface area contributed by atoms with E-state index in [4.69, 9.17) is 9.84 Å². The van der Waals surface area contributed by atoms with Crippen molar-refractivity contribution >= 4 is 12.1 Å². The lowest BCUT2D eigenvalue weighted by molar-refractivity contribution is -0.139. The van der Waals surface area contributed by atoms with Crippen LogP contribution in [0.25, 0.3) is 11.1 Å². The van der Waals surface area contributed by atoms with Crippen molar-refractivity contribution in [3.8, 4) is 11.1 Å². The molecule has 0 radical (unpaired) electrons. The molecule has 3 N–H and O–H groups in total. The molecule has 0 bridgehead atoms. The number of aliphatic hydroxyl groups is 1. The summed E-state index contributed by atoms with van der Waals surface area (Å²) in [6.45, 7) is 0.450. The quantitative estimate of drug-likeness (QED) is 0.508. The SMILES string of the molecule is O=C(NC(C(=O)O)c1cn(CCCO)nn1)OCC1c2ccccc2-c2ccccc21. The second-order valence-corrected chi connectivity index (χ2v) is 7.22. The van der Waals surface area contributed by atoms with E-state index in [-0.39, 0.29) is 24.8 Å². The average Bonchev–Trinajstić information content (AvgIpc) is 3.37. The largest absolute Gasteiger partial charge is 0.479 e. The number of fused-ring (bicyclic) bond motifs is 3. The number of hydrogen-bond acceptors (Lipinski definition) is 6. The molecule has 9 heteroatoms. The Labute approximate surface area is 178 Å². The molecule has 0 spiro atoms. The minimum atomic E-state index is -1.39. The molecule has 2 aromatic carbocycles. The number of carbonyl (C=O) groups excluding carboxylic acids is 1. The molecule has 1 aliphatic rings. The van der Waals surface area contributed by atoms with E-state index in [1.165, 1.54) is 10.9 Å². The lowest BCUT2D eigenvalue weighted by atomic mass is 9.98. The smallest absolute Gasteiger partial charge is 0.408 e. The lowest BCUT2D eigenvalue weighted by Gasteiger charge is -2.16. The number of alkyl carbamates (subject to hydrolysis) is 1. The Balaban J connectivity index is 1.44. The second kappa shape index (κ2) is 8.97.